The number of hydrogen-bond acceptors (Lipinski definition) is 4. The molecule has 0 amide bonds. The quantitative estimate of drug-likeness (QED) is 0.896. The van der Waals surface area contributed by atoms with Gasteiger partial charge in [0.1, 0.15) is 0 Å². The minimum absolute atomic E-state index is 0.157. The van der Waals surface area contributed by atoms with Crippen molar-refractivity contribution in [3.8, 4) is 11.6 Å². The number of nitrogens with one attached hydrogen (secondary N) is 1. The molecule has 0 radical (unpaired) electrons. The maximum Gasteiger partial charge on any atom is 0.238 e. The minimum Gasteiger partial charge on any atom is -0.434 e. The summed E-state index contributed by atoms with van der Waals surface area (Å²) < 4.78 is 18.8. The molecule has 0 bridgehead atoms. The van der Waals surface area contributed by atoms with Crippen LogP contribution < -0.4 is 10.1 Å². The summed E-state index contributed by atoms with van der Waals surface area (Å²) >= 11 is 0. The summed E-state index contributed by atoms with van der Waals surface area (Å²) in [6.45, 7) is 0.659. The van der Waals surface area contributed by atoms with Crippen molar-refractivity contribution in [2.24, 2.45) is 0 Å². The van der Waals surface area contributed by atoms with Crippen LogP contribution in [0.15, 0.2) is 36.7 Å². The lowest BCUT2D eigenvalue weighted by atomic mass is 10.3. The first-order valence-corrected chi connectivity index (χ1v) is 6.28. The van der Waals surface area contributed by atoms with Gasteiger partial charge in [-0.25, -0.2) is 9.37 Å². The van der Waals surface area contributed by atoms with Crippen molar-refractivity contribution in [1.29, 1.82) is 0 Å². The molecule has 1 aliphatic rings. The van der Waals surface area contributed by atoms with E-state index in [1.54, 1.807) is 24.4 Å². The molecular weight excluding hydrogens is 245 g/mol. The molecule has 4 nitrogen and oxygen atoms in total. The fraction of sp³-hybridized carbons (Fsp3) is 0.286. The van der Waals surface area contributed by atoms with Crippen LogP contribution in [0.4, 0.5) is 4.39 Å². The van der Waals surface area contributed by atoms with Gasteiger partial charge in [0.15, 0.2) is 11.6 Å². The Morgan fingerprint density at radius 3 is 2.89 bits per heavy atom. The van der Waals surface area contributed by atoms with Crippen molar-refractivity contribution < 1.29 is 9.13 Å². The summed E-state index contributed by atoms with van der Waals surface area (Å²) in [7, 11) is 0. The molecule has 0 unspecified atom stereocenters. The van der Waals surface area contributed by atoms with Crippen molar-refractivity contribution in [2.75, 3.05) is 0 Å². The van der Waals surface area contributed by atoms with Gasteiger partial charge < -0.3 is 10.1 Å². The van der Waals surface area contributed by atoms with Crippen molar-refractivity contribution in [1.82, 2.24) is 15.3 Å². The Kier molecular flexibility index (Phi) is 3.37. The zero-order valence-corrected chi connectivity index (χ0v) is 10.3. The smallest absolute Gasteiger partial charge is 0.238 e. The van der Waals surface area contributed by atoms with E-state index in [1.807, 2.05) is 0 Å². The highest BCUT2D eigenvalue weighted by Gasteiger charge is 2.20. The van der Waals surface area contributed by atoms with Crippen molar-refractivity contribution in [3.63, 3.8) is 0 Å². The first kappa shape index (κ1) is 12.0. The Morgan fingerprint density at radius 2 is 2.11 bits per heavy atom. The molecule has 1 heterocycles. The predicted molar refractivity (Wildman–Crippen MR) is 68.4 cm³/mol. The third-order valence-corrected chi connectivity index (χ3v) is 2.86. The first-order valence-electron chi connectivity index (χ1n) is 6.28. The third-order valence-electron chi connectivity index (χ3n) is 2.86. The lowest BCUT2D eigenvalue weighted by Crippen LogP contribution is -2.16. The van der Waals surface area contributed by atoms with E-state index in [4.69, 9.17) is 4.74 Å². The van der Waals surface area contributed by atoms with Gasteiger partial charge in [0.2, 0.25) is 5.88 Å². The lowest BCUT2D eigenvalue weighted by Gasteiger charge is -2.07. The average Bonchev–Trinajstić information content (AvgIpc) is 3.24. The number of para-hydroxylation sites is 1. The molecule has 1 aromatic heterocycles. The molecule has 19 heavy (non-hydrogen) atoms. The Labute approximate surface area is 110 Å². The van der Waals surface area contributed by atoms with Gasteiger partial charge in [-0.15, -0.1) is 0 Å². The second-order valence-corrected chi connectivity index (χ2v) is 4.54. The van der Waals surface area contributed by atoms with Crippen LogP contribution in [-0.2, 0) is 6.54 Å². The molecule has 1 fully saturated rings. The van der Waals surface area contributed by atoms with E-state index >= 15 is 0 Å². The molecule has 1 aliphatic carbocycles. The molecule has 1 N–H and O–H groups in total. The Hall–Kier alpha value is -2.01. The van der Waals surface area contributed by atoms with Crippen LogP contribution in [0.2, 0.25) is 0 Å². The van der Waals surface area contributed by atoms with E-state index in [9.17, 15) is 4.39 Å². The summed E-state index contributed by atoms with van der Waals surface area (Å²) in [5, 5.41) is 3.34. The summed E-state index contributed by atoms with van der Waals surface area (Å²) in [5.41, 5.74) is 0.792. The van der Waals surface area contributed by atoms with Gasteiger partial charge in [-0.2, -0.15) is 0 Å². The second kappa shape index (κ2) is 5.32. The molecule has 2 aromatic rings. The van der Waals surface area contributed by atoms with E-state index in [-0.39, 0.29) is 5.75 Å². The van der Waals surface area contributed by atoms with Gasteiger partial charge in [-0.3, -0.25) is 4.98 Å². The maximum absolute atomic E-state index is 13.5. The predicted octanol–water partition coefficient (Wildman–Crippen LogP) is 2.66. The number of halogens is 1. The van der Waals surface area contributed by atoms with Gasteiger partial charge >= 0.3 is 0 Å². The highest BCUT2D eigenvalue weighted by Crippen LogP contribution is 2.22. The lowest BCUT2D eigenvalue weighted by molar-refractivity contribution is 0.423. The van der Waals surface area contributed by atoms with Gasteiger partial charge in [0.25, 0.3) is 0 Å². The number of nitrogens with zero attached hydrogens (tertiary/aromatic N) is 2. The topological polar surface area (TPSA) is 47.0 Å². The summed E-state index contributed by atoms with van der Waals surface area (Å²) in [5.74, 6) is 0.0510. The number of ether oxygens (including phenoxy) is 1. The van der Waals surface area contributed by atoms with Crippen LogP contribution in [-0.4, -0.2) is 16.0 Å². The zero-order valence-electron chi connectivity index (χ0n) is 10.3. The molecule has 0 saturated heterocycles. The average molecular weight is 259 g/mol. The van der Waals surface area contributed by atoms with Gasteiger partial charge in [-0.1, -0.05) is 12.1 Å². The largest absolute Gasteiger partial charge is 0.434 e. The molecule has 0 spiro atoms. The Morgan fingerprint density at radius 1 is 1.26 bits per heavy atom. The third kappa shape index (κ3) is 3.26. The van der Waals surface area contributed by atoms with Gasteiger partial charge in [0, 0.05) is 18.8 Å². The Balaban J connectivity index is 1.70. The van der Waals surface area contributed by atoms with E-state index in [1.165, 1.54) is 25.1 Å². The molecule has 0 atom stereocenters. The van der Waals surface area contributed by atoms with E-state index in [0.717, 1.165) is 5.69 Å². The van der Waals surface area contributed by atoms with Gasteiger partial charge in [0.05, 0.1) is 11.9 Å². The summed E-state index contributed by atoms with van der Waals surface area (Å²) in [6.07, 6.45) is 5.61. The van der Waals surface area contributed by atoms with Gasteiger partial charge in [-0.05, 0) is 25.0 Å². The SMILES string of the molecule is Fc1ccccc1Oc1cncc(CNC2CC2)n1. The number of aromatic nitrogens is 2. The maximum atomic E-state index is 13.5. The van der Waals surface area contributed by atoms with Crippen LogP contribution in [0, 0.1) is 5.82 Å². The molecule has 0 aliphatic heterocycles. The van der Waals surface area contributed by atoms with Crippen LogP contribution in [0.5, 0.6) is 11.6 Å². The molecule has 3 rings (SSSR count). The molecular formula is C14H14FN3O. The highest BCUT2D eigenvalue weighted by molar-refractivity contribution is 5.27. The zero-order chi connectivity index (χ0) is 13.1. The minimum atomic E-state index is -0.411. The second-order valence-electron chi connectivity index (χ2n) is 4.54. The first-order chi connectivity index (χ1) is 9.31. The summed E-state index contributed by atoms with van der Waals surface area (Å²) in [6, 6.07) is 6.85. The molecule has 5 heteroatoms. The number of hydrogen-bond donors (Lipinski definition) is 1. The normalized spacial score (nSPS) is 14.4. The van der Waals surface area contributed by atoms with E-state index in [2.05, 4.69) is 15.3 Å². The number of rotatable bonds is 5. The van der Waals surface area contributed by atoms with Crippen molar-refractivity contribution >= 4 is 0 Å². The van der Waals surface area contributed by atoms with E-state index in [0.29, 0.717) is 18.5 Å². The van der Waals surface area contributed by atoms with Crippen molar-refractivity contribution in [3.05, 3.63) is 48.2 Å². The van der Waals surface area contributed by atoms with Crippen molar-refractivity contribution in [2.45, 2.75) is 25.4 Å². The molecule has 1 aromatic carbocycles. The number of benzene rings is 1. The van der Waals surface area contributed by atoms with E-state index < -0.39 is 5.82 Å². The van der Waals surface area contributed by atoms with Crippen LogP contribution in [0.3, 0.4) is 0 Å². The van der Waals surface area contributed by atoms with Crippen LogP contribution in [0.1, 0.15) is 18.5 Å². The van der Waals surface area contributed by atoms with Crippen LogP contribution >= 0.6 is 0 Å². The Bertz CT molecular complexity index is 572. The monoisotopic (exact) mass is 259 g/mol. The standard InChI is InChI=1S/C14H14FN3O/c15-12-3-1-2-4-13(12)19-14-9-16-7-11(18-14)8-17-10-5-6-10/h1-4,7,9-10,17H,5-6,8H2. The fourth-order valence-corrected chi connectivity index (χ4v) is 1.70. The molecule has 98 valence electrons. The fourth-order valence-electron chi connectivity index (χ4n) is 1.70. The highest BCUT2D eigenvalue weighted by atomic mass is 19.1. The summed E-state index contributed by atoms with van der Waals surface area (Å²) in [4.78, 5) is 8.35. The van der Waals surface area contributed by atoms with Crippen LogP contribution in [0.25, 0.3) is 0 Å². The molecule has 1 saturated carbocycles.